The number of urea groups is 1. The van der Waals surface area contributed by atoms with Crippen LogP contribution in [0.5, 0.6) is 0 Å². The lowest BCUT2D eigenvalue weighted by atomic mass is 10.1. The Balaban J connectivity index is 1.94. The van der Waals surface area contributed by atoms with Crippen LogP contribution in [-0.4, -0.2) is 74.1 Å². The van der Waals surface area contributed by atoms with Crippen LogP contribution < -0.4 is 0 Å². The Kier molecular flexibility index (Phi) is 4.35. The van der Waals surface area contributed by atoms with Crippen molar-refractivity contribution in [3.63, 3.8) is 0 Å². The van der Waals surface area contributed by atoms with E-state index in [0.717, 1.165) is 12.8 Å². The number of sulfonamides is 1. The normalized spacial score (nSPS) is 22.7. The molecule has 0 spiro atoms. The molecule has 2 fully saturated rings. The van der Waals surface area contributed by atoms with Crippen LogP contribution in [0.25, 0.3) is 0 Å². The number of amides is 2. The van der Waals surface area contributed by atoms with Gasteiger partial charge in [0.2, 0.25) is 10.0 Å². The number of hydrogen-bond donors (Lipinski definition) is 0. The monoisotopic (exact) mass is 289 g/mol. The summed E-state index contributed by atoms with van der Waals surface area (Å²) >= 11 is 0. The van der Waals surface area contributed by atoms with Gasteiger partial charge in [-0.05, 0) is 25.7 Å². The third-order valence-electron chi connectivity index (χ3n) is 3.94. The SMILES string of the molecule is CN(C)C(=O)N1CCC(S(=O)(=O)N2CCCC2)CC1. The molecule has 7 heteroatoms. The standard InChI is InChI=1S/C12H23N3O3S/c1-13(2)12(16)14-9-5-11(6-10-14)19(17,18)15-7-3-4-8-15/h11H,3-10H2,1-2H3. The van der Waals surface area contributed by atoms with Gasteiger partial charge in [0, 0.05) is 40.3 Å². The van der Waals surface area contributed by atoms with Gasteiger partial charge >= 0.3 is 6.03 Å². The zero-order valence-corrected chi connectivity index (χ0v) is 12.5. The molecule has 6 nitrogen and oxygen atoms in total. The molecule has 0 atom stereocenters. The molecule has 19 heavy (non-hydrogen) atoms. The Hall–Kier alpha value is -0.820. The molecule has 0 aromatic carbocycles. The van der Waals surface area contributed by atoms with Crippen LogP contribution >= 0.6 is 0 Å². The number of likely N-dealkylation sites (tertiary alicyclic amines) is 1. The smallest absolute Gasteiger partial charge is 0.319 e. The van der Waals surface area contributed by atoms with Gasteiger partial charge in [0.05, 0.1) is 5.25 Å². The maximum Gasteiger partial charge on any atom is 0.319 e. The minimum atomic E-state index is -3.15. The van der Waals surface area contributed by atoms with Gasteiger partial charge in [-0.25, -0.2) is 17.5 Å². The molecule has 0 aromatic rings. The largest absolute Gasteiger partial charge is 0.331 e. The minimum Gasteiger partial charge on any atom is -0.331 e. The molecule has 2 rings (SSSR count). The topological polar surface area (TPSA) is 60.9 Å². The van der Waals surface area contributed by atoms with E-state index in [1.54, 1.807) is 23.3 Å². The van der Waals surface area contributed by atoms with E-state index in [4.69, 9.17) is 0 Å². The summed E-state index contributed by atoms with van der Waals surface area (Å²) in [7, 11) is 0.286. The van der Waals surface area contributed by atoms with Crippen molar-refractivity contribution in [2.75, 3.05) is 40.3 Å². The maximum atomic E-state index is 12.4. The lowest BCUT2D eigenvalue weighted by Crippen LogP contribution is -2.48. The molecule has 2 saturated heterocycles. The Labute approximate surface area is 115 Å². The lowest BCUT2D eigenvalue weighted by molar-refractivity contribution is 0.160. The molecule has 0 unspecified atom stereocenters. The highest BCUT2D eigenvalue weighted by atomic mass is 32.2. The fourth-order valence-corrected chi connectivity index (χ4v) is 4.78. The van der Waals surface area contributed by atoms with E-state index < -0.39 is 10.0 Å². The van der Waals surface area contributed by atoms with Gasteiger partial charge in [-0.2, -0.15) is 0 Å². The van der Waals surface area contributed by atoms with Crippen molar-refractivity contribution in [1.29, 1.82) is 0 Å². The van der Waals surface area contributed by atoms with E-state index in [2.05, 4.69) is 0 Å². The Bertz CT molecular complexity index is 422. The van der Waals surface area contributed by atoms with E-state index >= 15 is 0 Å². The first-order valence-corrected chi connectivity index (χ1v) is 8.38. The predicted molar refractivity (Wildman–Crippen MR) is 73.4 cm³/mol. The number of nitrogens with zero attached hydrogens (tertiary/aromatic N) is 3. The van der Waals surface area contributed by atoms with Crippen LogP contribution in [0.2, 0.25) is 0 Å². The summed E-state index contributed by atoms with van der Waals surface area (Å²) in [5.41, 5.74) is 0. The van der Waals surface area contributed by atoms with Gasteiger partial charge in [-0.15, -0.1) is 0 Å². The summed E-state index contributed by atoms with van der Waals surface area (Å²) in [6.07, 6.45) is 3.05. The summed E-state index contributed by atoms with van der Waals surface area (Å²) in [6.45, 7) is 2.40. The number of piperidine rings is 1. The molecule has 0 bridgehead atoms. The zero-order valence-electron chi connectivity index (χ0n) is 11.7. The van der Waals surface area contributed by atoms with Gasteiger partial charge in [-0.3, -0.25) is 0 Å². The number of rotatable bonds is 2. The van der Waals surface area contributed by atoms with Crippen LogP contribution in [0.15, 0.2) is 0 Å². The highest BCUT2D eigenvalue weighted by molar-refractivity contribution is 7.89. The third kappa shape index (κ3) is 3.02. The molecule has 0 aliphatic carbocycles. The van der Waals surface area contributed by atoms with Crippen molar-refractivity contribution < 1.29 is 13.2 Å². The predicted octanol–water partition coefficient (Wildman–Crippen LogP) is 0.558. The first-order valence-electron chi connectivity index (χ1n) is 6.88. The van der Waals surface area contributed by atoms with E-state index in [9.17, 15) is 13.2 Å². The first kappa shape index (κ1) is 14.6. The highest BCUT2D eigenvalue weighted by Crippen LogP contribution is 2.24. The molecule has 0 radical (unpaired) electrons. The molecule has 110 valence electrons. The molecule has 0 N–H and O–H groups in total. The lowest BCUT2D eigenvalue weighted by Gasteiger charge is -2.34. The van der Waals surface area contributed by atoms with Crippen molar-refractivity contribution in [2.45, 2.75) is 30.9 Å². The molecule has 2 aliphatic rings. The summed E-state index contributed by atoms with van der Waals surface area (Å²) in [5.74, 6) is 0. The van der Waals surface area contributed by atoms with Gasteiger partial charge in [0.1, 0.15) is 0 Å². The number of hydrogen-bond acceptors (Lipinski definition) is 3. The average Bonchev–Trinajstić information content (AvgIpc) is 2.92. The summed E-state index contributed by atoms with van der Waals surface area (Å²) in [4.78, 5) is 15.1. The zero-order chi connectivity index (χ0) is 14.0. The summed E-state index contributed by atoms with van der Waals surface area (Å²) in [5, 5.41) is -0.309. The summed E-state index contributed by atoms with van der Waals surface area (Å²) in [6, 6.07) is -0.0305. The van der Waals surface area contributed by atoms with Crippen molar-refractivity contribution in [1.82, 2.24) is 14.1 Å². The molecule has 2 heterocycles. The van der Waals surface area contributed by atoms with Gasteiger partial charge in [0.25, 0.3) is 0 Å². The first-order chi connectivity index (χ1) is 8.93. The fraction of sp³-hybridized carbons (Fsp3) is 0.917. The summed E-state index contributed by atoms with van der Waals surface area (Å²) < 4.78 is 26.4. The average molecular weight is 289 g/mol. The maximum absolute atomic E-state index is 12.4. The second-order valence-electron chi connectivity index (χ2n) is 5.51. The Morgan fingerprint density at radius 3 is 2.05 bits per heavy atom. The van der Waals surface area contributed by atoms with E-state index in [0.29, 0.717) is 39.0 Å². The highest BCUT2D eigenvalue weighted by Gasteiger charge is 2.36. The molecule has 0 aromatic heterocycles. The Morgan fingerprint density at radius 2 is 1.58 bits per heavy atom. The van der Waals surface area contributed by atoms with Gasteiger partial charge < -0.3 is 9.80 Å². The van der Waals surface area contributed by atoms with Crippen LogP contribution in [0.4, 0.5) is 4.79 Å². The number of carbonyl (C=O) groups excluding carboxylic acids is 1. The second kappa shape index (κ2) is 5.66. The minimum absolute atomic E-state index is 0.0305. The number of carbonyl (C=O) groups is 1. The molecular formula is C12H23N3O3S. The quantitative estimate of drug-likeness (QED) is 0.746. The van der Waals surface area contributed by atoms with E-state index in [1.165, 1.54) is 4.90 Å². The van der Waals surface area contributed by atoms with Crippen molar-refractivity contribution in [3.05, 3.63) is 0 Å². The van der Waals surface area contributed by atoms with Gasteiger partial charge in [0.15, 0.2) is 0 Å². The molecule has 2 amide bonds. The fourth-order valence-electron chi connectivity index (χ4n) is 2.78. The van der Waals surface area contributed by atoms with Crippen LogP contribution in [0.1, 0.15) is 25.7 Å². The molecule has 0 saturated carbocycles. The van der Waals surface area contributed by atoms with Crippen molar-refractivity contribution >= 4 is 16.1 Å². The third-order valence-corrected chi connectivity index (χ3v) is 6.34. The van der Waals surface area contributed by atoms with Crippen molar-refractivity contribution in [3.8, 4) is 0 Å². The second-order valence-corrected chi connectivity index (χ2v) is 7.73. The molecular weight excluding hydrogens is 266 g/mol. The Morgan fingerprint density at radius 1 is 1.05 bits per heavy atom. The van der Waals surface area contributed by atoms with E-state index in [1.807, 2.05) is 0 Å². The van der Waals surface area contributed by atoms with Gasteiger partial charge in [-0.1, -0.05) is 0 Å². The van der Waals surface area contributed by atoms with Crippen LogP contribution in [-0.2, 0) is 10.0 Å². The van der Waals surface area contributed by atoms with Crippen LogP contribution in [0, 0.1) is 0 Å². The van der Waals surface area contributed by atoms with Crippen molar-refractivity contribution in [2.24, 2.45) is 0 Å². The van der Waals surface area contributed by atoms with E-state index in [-0.39, 0.29) is 11.3 Å². The molecule has 2 aliphatic heterocycles. The van der Waals surface area contributed by atoms with Crippen LogP contribution in [0.3, 0.4) is 0 Å².